The highest BCUT2D eigenvalue weighted by Crippen LogP contribution is 2.42. The molecule has 1 aromatic carbocycles. The van der Waals surface area contributed by atoms with Crippen LogP contribution in [-0.2, 0) is 20.3 Å². The van der Waals surface area contributed by atoms with Crippen LogP contribution in [0.2, 0.25) is 0 Å². The molecule has 4 aliphatic rings. The molecule has 1 atom stereocenters. The predicted molar refractivity (Wildman–Crippen MR) is 141 cm³/mol. The molecule has 1 aliphatic carbocycles. The lowest BCUT2D eigenvalue weighted by atomic mass is 9.87. The second-order valence-electron chi connectivity index (χ2n) is 11.2. The zero-order valence-corrected chi connectivity index (χ0v) is 22.4. The molecule has 4 heterocycles. The van der Waals surface area contributed by atoms with E-state index in [9.17, 15) is 13.2 Å². The van der Waals surface area contributed by atoms with E-state index in [0.717, 1.165) is 44.1 Å². The van der Waals surface area contributed by atoms with Crippen LogP contribution in [0, 0.1) is 5.92 Å². The minimum atomic E-state index is -3.55. The van der Waals surface area contributed by atoms with E-state index in [4.69, 9.17) is 9.84 Å². The molecule has 2 saturated heterocycles. The van der Waals surface area contributed by atoms with E-state index in [0.29, 0.717) is 48.0 Å². The Bertz CT molecular complexity index is 1240. The highest BCUT2D eigenvalue weighted by atomic mass is 32.2. The molecule has 6 rings (SSSR count). The smallest absolute Gasteiger partial charge is 0.274 e. The van der Waals surface area contributed by atoms with Gasteiger partial charge in [-0.15, -0.1) is 0 Å². The summed E-state index contributed by atoms with van der Waals surface area (Å²) in [5.74, 6) is 0.488. The first-order valence-corrected chi connectivity index (χ1v) is 15.7. The van der Waals surface area contributed by atoms with Gasteiger partial charge in [-0.1, -0.05) is 50.3 Å². The number of sulfone groups is 1. The molecule has 1 amide bonds. The highest BCUT2D eigenvalue weighted by Gasteiger charge is 2.39. The van der Waals surface area contributed by atoms with Crippen LogP contribution in [-0.4, -0.2) is 79.8 Å². The molecule has 1 aromatic heterocycles. The average Bonchev–Trinajstić information content (AvgIpc) is 3.31. The molecule has 9 heteroatoms. The van der Waals surface area contributed by atoms with Gasteiger partial charge in [-0.25, -0.2) is 8.42 Å². The lowest BCUT2D eigenvalue weighted by Crippen LogP contribution is -2.41. The molecule has 200 valence electrons. The average molecular weight is 527 g/mol. The third kappa shape index (κ3) is 4.98. The Kier molecular flexibility index (Phi) is 7.11. The van der Waals surface area contributed by atoms with Crippen molar-refractivity contribution in [3.8, 4) is 11.3 Å². The summed E-state index contributed by atoms with van der Waals surface area (Å²) in [5, 5.41) is 4.93. The van der Waals surface area contributed by atoms with Crippen molar-refractivity contribution in [2.75, 3.05) is 45.9 Å². The summed E-state index contributed by atoms with van der Waals surface area (Å²) in [4.78, 5) is 18.3. The first-order chi connectivity index (χ1) is 18.0. The quantitative estimate of drug-likeness (QED) is 0.587. The van der Waals surface area contributed by atoms with Gasteiger partial charge in [0.05, 0.1) is 35.6 Å². The van der Waals surface area contributed by atoms with Gasteiger partial charge in [-0.3, -0.25) is 9.48 Å². The van der Waals surface area contributed by atoms with Gasteiger partial charge in [0.25, 0.3) is 5.91 Å². The third-order valence-electron chi connectivity index (χ3n) is 8.73. The third-order valence-corrected chi connectivity index (χ3v) is 10.4. The van der Waals surface area contributed by atoms with Crippen LogP contribution in [0.25, 0.3) is 11.3 Å². The molecule has 0 N–H and O–H groups in total. The summed E-state index contributed by atoms with van der Waals surface area (Å²) >= 11 is 0. The van der Waals surface area contributed by atoms with Gasteiger partial charge in [0.1, 0.15) is 0 Å². The molecule has 0 radical (unpaired) electrons. The SMILES string of the molecule is O=C(c1nn(C2CCCN(CCC3CCCCC3)C2)c2c1CS(=O)(=O)c1ccccc1-2)N1CCOCC1. The monoisotopic (exact) mass is 526 g/mol. The van der Waals surface area contributed by atoms with E-state index in [1.54, 1.807) is 17.0 Å². The Balaban J connectivity index is 1.33. The molecule has 0 bridgehead atoms. The molecule has 1 saturated carbocycles. The van der Waals surface area contributed by atoms with E-state index < -0.39 is 9.84 Å². The Hall–Kier alpha value is -2.23. The summed E-state index contributed by atoms with van der Waals surface area (Å²) in [7, 11) is -3.55. The van der Waals surface area contributed by atoms with E-state index in [-0.39, 0.29) is 17.7 Å². The molecule has 0 spiro atoms. The molecule has 8 nitrogen and oxygen atoms in total. The van der Waals surface area contributed by atoms with Gasteiger partial charge >= 0.3 is 0 Å². The van der Waals surface area contributed by atoms with Crippen LogP contribution >= 0.6 is 0 Å². The Morgan fingerprint density at radius 2 is 1.78 bits per heavy atom. The maximum atomic E-state index is 13.6. The number of fused-ring (bicyclic) bond motifs is 3. The largest absolute Gasteiger partial charge is 0.378 e. The van der Waals surface area contributed by atoms with Gasteiger partial charge in [0, 0.05) is 30.8 Å². The minimum Gasteiger partial charge on any atom is -0.378 e. The summed E-state index contributed by atoms with van der Waals surface area (Å²) in [5.41, 5.74) is 2.36. The number of amides is 1. The maximum absolute atomic E-state index is 13.6. The molecular weight excluding hydrogens is 488 g/mol. The van der Waals surface area contributed by atoms with E-state index in [1.807, 2.05) is 16.8 Å². The number of carbonyl (C=O) groups is 1. The molecule has 1 unspecified atom stereocenters. The fraction of sp³-hybridized carbons (Fsp3) is 0.643. The lowest BCUT2D eigenvalue weighted by molar-refractivity contribution is 0.0297. The Morgan fingerprint density at radius 3 is 2.59 bits per heavy atom. The second kappa shape index (κ2) is 10.5. The number of hydrogen-bond acceptors (Lipinski definition) is 6. The number of nitrogens with zero attached hydrogens (tertiary/aromatic N) is 4. The predicted octanol–water partition coefficient (Wildman–Crippen LogP) is 3.92. The summed E-state index contributed by atoms with van der Waals surface area (Å²) in [6.45, 7) is 5.08. The van der Waals surface area contributed by atoms with Crippen LogP contribution in [0.3, 0.4) is 0 Å². The van der Waals surface area contributed by atoms with Crippen LogP contribution in [0.1, 0.15) is 73.5 Å². The normalized spacial score (nSPS) is 24.4. The number of piperidine rings is 1. The van der Waals surface area contributed by atoms with E-state index in [2.05, 4.69) is 4.90 Å². The van der Waals surface area contributed by atoms with Crippen molar-refractivity contribution in [2.24, 2.45) is 5.92 Å². The van der Waals surface area contributed by atoms with E-state index in [1.165, 1.54) is 38.5 Å². The van der Waals surface area contributed by atoms with Gasteiger partial charge in [0.15, 0.2) is 15.5 Å². The fourth-order valence-electron chi connectivity index (χ4n) is 6.72. The van der Waals surface area contributed by atoms with Crippen molar-refractivity contribution in [1.29, 1.82) is 0 Å². The Labute approximate surface area is 219 Å². The van der Waals surface area contributed by atoms with Crippen LogP contribution in [0.15, 0.2) is 29.2 Å². The number of rotatable bonds is 5. The molecular formula is C28H38N4O4S. The van der Waals surface area contributed by atoms with Crippen LogP contribution < -0.4 is 0 Å². The van der Waals surface area contributed by atoms with Crippen molar-refractivity contribution < 1.29 is 17.9 Å². The van der Waals surface area contributed by atoms with Crippen molar-refractivity contribution >= 4 is 15.7 Å². The molecule has 2 aromatic rings. The van der Waals surface area contributed by atoms with E-state index >= 15 is 0 Å². The van der Waals surface area contributed by atoms with Gasteiger partial charge in [0.2, 0.25) is 0 Å². The standard InChI is InChI=1S/C28H38N4O4S/c33-28(31-15-17-36-18-16-31)26-24-20-37(34,35)25-11-5-4-10-23(25)27(24)32(29-26)22-9-6-13-30(19-22)14-12-21-7-2-1-3-8-21/h4-5,10-11,21-22H,1-3,6-9,12-20H2. The lowest BCUT2D eigenvalue weighted by Gasteiger charge is -2.35. The van der Waals surface area contributed by atoms with Crippen molar-refractivity contribution in [1.82, 2.24) is 19.6 Å². The van der Waals surface area contributed by atoms with Crippen LogP contribution in [0.5, 0.6) is 0 Å². The van der Waals surface area contributed by atoms with Crippen molar-refractivity contribution in [3.63, 3.8) is 0 Å². The number of likely N-dealkylation sites (tertiary alicyclic amines) is 1. The summed E-state index contributed by atoms with van der Waals surface area (Å²) in [6, 6.07) is 7.33. The van der Waals surface area contributed by atoms with Crippen molar-refractivity contribution in [3.05, 3.63) is 35.5 Å². The molecule has 3 fully saturated rings. The topological polar surface area (TPSA) is 84.7 Å². The zero-order valence-electron chi connectivity index (χ0n) is 21.6. The highest BCUT2D eigenvalue weighted by molar-refractivity contribution is 7.90. The van der Waals surface area contributed by atoms with Gasteiger partial charge in [-0.2, -0.15) is 5.10 Å². The van der Waals surface area contributed by atoms with Gasteiger partial charge < -0.3 is 14.5 Å². The Morgan fingerprint density at radius 1 is 1.00 bits per heavy atom. The minimum absolute atomic E-state index is 0.119. The van der Waals surface area contributed by atoms with Crippen molar-refractivity contribution in [2.45, 2.75) is 68.1 Å². The summed E-state index contributed by atoms with van der Waals surface area (Å²) in [6.07, 6.45) is 10.2. The molecule has 37 heavy (non-hydrogen) atoms. The zero-order chi connectivity index (χ0) is 25.4. The number of morpholine rings is 1. The first kappa shape index (κ1) is 25.1. The number of hydrogen-bond donors (Lipinski definition) is 0. The van der Waals surface area contributed by atoms with Crippen LogP contribution in [0.4, 0.5) is 0 Å². The number of ether oxygens (including phenoxy) is 1. The number of carbonyl (C=O) groups excluding carboxylic acids is 1. The van der Waals surface area contributed by atoms with Gasteiger partial charge in [-0.05, 0) is 44.3 Å². The number of aromatic nitrogens is 2. The maximum Gasteiger partial charge on any atom is 0.274 e. The molecule has 3 aliphatic heterocycles. The first-order valence-electron chi connectivity index (χ1n) is 14.0. The summed E-state index contributed by atoms with van der Waals surface area (Å²) < 4.78 is 34.0. The fourth-order valence-corrected chi connectivity index (χ4v) is 8.31. The second-order valence-corrected chi connectivity index (χ2v) is 13.1. The number of benzene rings is 1.